The molecule has 0 radical (unpaired) electrons. The first kappa shape index (κ1) is 9.02. The lowest BCUT2D eigenvalue weighted by Crippen LogP contribution is -1.98. The minimum absolute atomic E-state index is 0.566. The molecular formula is C13H13N. The van der Waals surface area contributed by atoms with Gasteiger partial charge in [-0.25, -0.2) is 0 Å². The Morgan fingerprint density at radius 1 is 1.21 bits per heavy atom. The van der Waals surface area contributed by atoms with Crippen molar-refractivity contribution in [2.24, 2.45) is 0 Å². The second-order valence-corrected chi connectivity index (χ2v) is 3.70. The number of benzene rings is 1. The number of allylic oxidation sites excluding steroid dienone is 2. The van der Waals surface area contributed by atoms with Crippen LogP contribution in [0.15, 0.2) is 36.4 Å². The van der Waals surface area contributed by atoms with Crippen molar-refractivity contribution in [1.29, 1.82) is 5.26 Å². The van der Waals surface area contributed by atoms with Crippen LogP contribution in [0.5, 0.6) is 0 Å². The minimum Gasteiger partial charge on any atom is -0.192 e. The molecule has 1 aromatic carbocycles. The average Bonchev–Trinajstić information content (AvgIpc) is 2.30. The summed E-state index contributed by atoms with van der Waals surface area (Å²) < 4.78 is 0. The molecule has 0 bridgehead atoms. The molecule has 1 atom stereocenters. The molecule has 70 valence electrons. The summed E-state index contributed by atoms with van der Waals surface area (Å²) in [5, 5.41) is 8.67. The third-order valence-electron chi connectivity index (χ3n) is 2.72. The van der Waals surface area contributed by atoms with Gasteiger partial charge in [0.15, 0.2) is 0 Å². The first-order valence-electron chi connectivity index (χ1n) is 5.07. The van der Waals surface area contributed by atoms with Gasteiger partial charge < -0.3 is 0 Å². The summed E-state index contributed by atoms with van der Waals surface area (Å²) in [5.74, 6) is 0.566. The summed E-state index contributed by atoms with van der Waals surface area (Å²) in [5.41, 5.74) is 2.08. The van der Waals surface area contributed by atoms with Crippen LogP contribution in [-0.4, -0.2) is 0 Å². The van der Waals surface area contributed by atoms with Gasteiger partial charge in [0.2, 0.25) is 0 Å². The van der Waals surface area contributed by atoms with E-state index < -0.39 is 0 Å². The standard InChI is InChI=1S/C13H13N/c14-10-11-6-8-13(9-7-11)12-4-2-1-3-5-12/h2,4,6-9,12H,1,3,5H2/t12-/m0/s1. The van der Waals surface area contributed by atoms with Gasteiger partial charge in [0, 0.05) is 5.92 Å². The van der Waals surface area contributed by atoms with E-state index in [2.05, 4.69) is 30.4 Å². The van der Waals surface area contributed by atoms with Crippen LogP contribution >= 0.6 is 0 Å². The van der Waals surface area contributed by atoms with Crippen molar-refractivity contribution < 1.29 is 0 Å². The predicted octanol–water partition coefficient (Wildman–Crippen LogP) is 3.38. The summed E-state index contributed by atoms with van der Waals surface area (Å²) in [6, 6.07) is 10.1. The second-order valence-electron chi connectivity index (χ2n) is 3.70. The maximum atomic E-state index is 8.67. The fourth-order valence-electron chi connectivity index (χ4n) is 1.89. The molecule has 0 fully saturated rings. The minimum atomic E-state index is 0.566. The first-order valence-corrected chi connectivity index (χ1v) is 5.07. The van der Waals surface area contributed by atoms with Crippen LogP contribution in [0.1, 0.15) is 36.3 Å². The number of nitriles is 1. The average molecular weight is 183 g/mol. The summed E-state index contributed by atoms with van der Waals surface area (Å²) in [4.78, 5) is 0. The van der Waals surface area contributed by atoms with Crippen molar-refractivity contribution in [3.8, 4) is 6.07 Å². The van der Waals surface area contributed by atoms with Gasteiger partial charge in [-0.1, -0.05) is 24.3 Å². The van der Waals surface area contributed by atoms with Crippen LogP contribution in [-0.2, 0) is 0 Å². The summed E-state index contributed by atoms with van der Waals surface area (Å²) in [6.45, 7) is 0. The highest BCUT2D eigenvalue weighted by molar-refractivity contribution is 5.34. The Bertz CT molecular complexity index is 367. The van der Waals surface area contributed by atoms with Crippen molar-refractivity contribution in [2.45, 2.75) is 25.2 Å². The lowest BCUT2D eigenvalue weighted by atomic mass is 9.89. The van der Waals surface area contributed by atoms with Crippen molar-refractivity contribution in [2.75, 3.05) is 0 Å². The van der Waals surface area contributed by atoms with E-state index in [0.717, 1.165) is 5.56 Å². The Labute approximate surface area is 84.7 Å². The van der Waals surface area contributed by atoms with E-state index in [-0.39, 0.29) is 0 Å². The molecule has 1 heteroatoms. The zero-order valence-electron chi connectivity index (χ0n) is 8.11. The molecule has 0 amide bonds. The van der Waals surface area contributed by atoms with Crippen molar-refractivity contribution in [3.63, 3.8) is 0 Å². The molecule has 1 nitrogen and oxygen atoms in total. The Morgan fingerprint density at radius 2 is 2.00 bits per heavy atom. The molecular weight excluding hydrogens is 170 g/mol. The van der Waals surface area contributed by atoms with Gasteiger partial charge in [0.1, 0.15) is 0 Å². The Morgan fingerprint density at radius 3 is 2.57 bits per heavy atom. The molecule has 0 N–H and O–H groups in total. The molecule has 2 rings (SSSR count). The van der Waals surface area contributed by atoms with E-state index in [1.54, 1.807) is 0 Å². The van der Waals surface area contributed by atoms with Crippen LogP contribution in [0.25, 0.3) is 0 Å². The van der Waals surface area contributed by atoms with Crippen molar-refractivity contribution >= 4 is 0 Å². The van der Waals surface area contributed by atoms with E-state index in [0.29, 0.717) is 5.92 Å². The zero-order valence-corrected chi connectivity index (χ0v) is 8.11. The number of hydrogen-bond acceptors (Lipinski definition) is 1. The monoisotopic (exact) mass is 183 g/mol. The third-order valence-corrected chi connectivity index (χ3v) is 2.72. The highest BCUT2D eigenvalue weighted by Crippen LogP contribution is 2.27. The van der Waals surface area contributed by atoms with Gasteiger partial charge in [-0.2, -0.15) is 5.26 Å². The molecule has 0 unspecified atom stereocenters. The summed E-state index contributed by atoms with van der Waals surface area (Å²) in [7, 11) is 0. The van der Waals surface area contributed by atoms with Crippen molar-refractivity contribution in [3.05, 3.63) is 47.5 Å². The second kappa shape index (κ2) is 4.11. The van der Waals surface area contributed by atoms with E-state index in [4.69, 9.17) is 5.26 Å². The van der Waals surface area contributed by atoms with Gasteiger partial charge >= 0.3 is 0 Å². The fraction of sp³-hybridized carbons (Fsp3) is 0.308. The first-order chi connectivity index (χ1) is 6.90. The zero-order chi connectivity index (χ0) is 9.80. The summed E-state index contributed by atoms with van der Waals surface area (Å²) in [6.07, 6.45) is 8.27. The topological polar surface area (TPSA) is 23.8 Å². The maximum Gasteiger partial charge on any atom is 0.0991 e. The summed E-state index contributed by atoms with van der Waals surface area (Å²) >= 11 is 0. The highest BCUT2D eigenvalue weighted by atomic mass is 14.2. The molecule has 0 heterocycles. The molecule has 1 aliphatic rings. The molecule has 0 saturated heterocycles. The SMILES string of the molecule is N#Cc1ccc([C@H]2C=CCCC2)cc1. The lowest BCUT2D eigenvalue weighted by molar-refractivity contribution is 0.654. The van der Waals surface area contributed by atoms with Crippen LogP contribution in [0.4, 0.5) is 0 Å². The maximum absolute atomic E-state index is 8.67. The number of rotatable bonds is 1. The number of hydrogen-bond donors (Lipinski definition) is 0. The highest BCUT2D eigenvalue weighted by Gasteiger charge is 2.10. The molecule has 0 spiro atoms. The van der Waals surface area contributed by atoms with Gasteiger partial charge in [-0.3, -0.25) is 0 Å². The van der Waals surface area contributed by atoms with Gasteiger partial charge in [0.05, 0.1) is 11.6 Å². The number of nitrogens with zero attached hydrogens (tertiary/aromatic N) is 1. The van der Waals surface area contributed by atoms with Gasteiger partial charge in [-0.15, -0.1) is 0 Å². The lowest BCUT2D eigenvalue weighted by Gasteiger charge is -2.16. The Kier molecular flexibility index (Phi) is 2.65. The van der Waals surface area contributed by atoms with Gasteiger partial charge in [0.25, 0.3) is 0 Å². The van der Waals surface area contributed by atoms with E-state index in [9.17, 15) is 0 Å². The Hall–Kier alpha value is -1.55. The normalized spacial score (nSPS) is 20.4. The molecule has 1 aliphatic carbocycles. The quantitative estimate of drug-likeness (QED) is 0.612. The molecule has 0 aromatic heterocycles. The molecule has 14 heavy (non-hydrogen) atoms. The van der Waals surface area contributed by atoms with Crippen LogP contribution < -0.4 is 0 Å². The van der Waals surface area contributed by atoms with E-state index in [1.807, 2.05) is 12.1 Å². The predicted molar refractivity (Wildman–Crippen MR) is 56.9 cm³/mol. The van der Waals surface area contributed by atoms with E-state index in [1.165, 1.54) is 24.8 Å². The molecule has 1 aromatic rings. The Balaban J connectivity index is 2.20. The van der Waals surface area contributed by atoms with Crippen LogP contribution in [0, 0.1) is 11.3 Å². The third kappa shape index (κ3) is 1.85. The van der Waals surface area contributed by atoms with Crippen molar-refractivity contribution in [1.82, 2.24) is 0 Å². The van der Waals surface area contributed by atoms with E-state index >= 15 is 0 Å². The van der Waals surface area contributed by atoms with Crippen LogP contribution in [0.3, 0.4) is 0 Å². The fourth-order valence-corrected chi connectivity index (χ4v) is 1.89. The molecule has 0 aliphatic heterocycles. The smallest absolute Gasteiger partial charge is 0.0991 e. The molecule has 0 saturated carbocycles. The van der Waals surface area contributed by atoms with Gasteiger partial charge in [-0.05, 0) is 37.0 Å². The largest absolute Gasteiger partial charge is 0.192 e. The van der Waals surface area contributed by atoms with Crippen LogP contribution in [0.2, 0.25) is 0 Å².